The van der Waals surface area contributed by atoms with E-state index in [1.165, 1.54) is 0 Å². The first kappa shape index (κ1) is 12.8. The number of hydrogen-bond donors (Lipinski definition) is 3. The summed E-state index contributed by atoms with van der Waals surface area (Å²) in [4.78, 5) is 11.7. The highest BCUT2D eigenvalue weighted by Crippen LogP contribution is 2.08. The molecule has 1 aliphatic heterocycles. The maximum atomic E-state index is 11.7. The lowest BCUT2D eigenvalue weighted by Gasteiger charge is -2.09. The third-order valence-corrected chi connectivity index (χ3v) is 3.01. The average Bonchev–Trinajstić information content (AvgIpc) is 2.74. The topological polar surface area (TPSA) is 53.2 Å². The Morgan fingerprint density at radius 1 is 1.39 bits per heavy atom. The van der Waals surface area contributed by atoms with Crippen LogP contribution in [0.25, 0.3) is 6.08 Å². The van der Waals surface area contributed by atoms with Gasteiger partial charge in [-0.15, -0.1) is 0 Å². The number of nitrogens with one attached hydrogen (secondary N) is 3. The average molecular weight is 245 g/mol. The number of aryl methyl sites for hydroxylation is 1. The van der Waals surface area contributed by atoms with Crippen LogP contribution in [0.2, 0.25) is 0 Å². The van der Waals surface area contributed by atoms with Gasteiger partial charge >= 0.3 is 0 Å². The van der Waals surface area contributed by atoms with E-state index in [1.54, 1.807) is 6.08 Å². The quantitative estimate of drug-likeness (QED) is 0.704. The van der Waals surface area contributed by atoms with Gasteiger partial charge in [-0.3, -0.25) is 10.2 Å². The molecule has 0 aromatic heterocycles. The van der Waals surface area contributed by atoms with Gasteiger partial charge in [0, 0.05) is 12.1 Å². The summed E-state index contributed by atoms with van der Waals surface area (Å²) < 4.78 is 0. The van der Waals surface area contributed by atoms with E-state index in [1.807, 2.05) is 37.3 Å². The molecule has 1 amide bonds. The van der Waals surface area contributed by atoms with Gasteiger partial charge in [0.15, 0.2) is 0 Å². The van der Waals surface area contributed by atoms with Gasteiger partial charge in [-0.2, -0.15) is 0 Å². The molecule has 0 radical (unpaired) electrons. The van der Waals surface area contributed by atoms with Crippen molar-refractivity contribution in [2.45, 2.75) is 32.5 Å². The van der Waals surface area contributed by atoms with Crippen molar-refractivity contribution in [2.75, 3.05) is 0 Å². The van der Waals surface area contributed by atoms with Crippen LogP contribution < -0.4 is 16.2 Å². The Kier molecular flexibility index (Phi) is 4.12. The lowest BCUT2D eigenvalue weighted by atomic mass is 10.1. The number of rotatable bonds is 3. The van der Waals surface area contributed by atoms with Gasteiger partial charge in [-0.25, -0.2) is 5.43 Å². The van der Waals surface area contributed by atoms with E-state index in [0.717, 1.165) is 17.5 Å². The smallest absolute Gasteiger partial charge is 0.245 e. The lowest BCUT2D eigenvalue weighted by Crippen LogP contribution is -2.43. The minimum atomic E-state index is -0.0772. The van der Waals surface area contributed by atoms with Crippen LogP contribution in [0.5, 0.6) is 0 Å². The van der Waals surface area contributed by atoms with Crippen molar-refractivity contribution in [3.05, 3.63) is 41.5 Å². The summed E-state index contributed by atoms with van der Waals surface area (Å²) in [5.41, 5.74) is 8.33. The molecule has 0 spiro atoms. The van der Waals surface area contributed by atoms with Crippen LogP contribution in [0.1, 0.15) is 24.5 Å². The van der Waals surface area contributed by atoms with Crippen LogP contribution in [0.3, 0.4) is 0 Å². The van der Waals surface area contributed by atoms with Gasteiger partial charge < -0.3 is 5.32 Å². The van der Waals surface area contributed by atoms with Gasteiger partial charge in [-0.05, 0) is 37.5 Å². The van der Waals surface area contributed by atoms with Crippen LogP contribution in [0.15, 0.2) is 30.3 Å². The summed E-state index contributed by atoms with van der Waals surface area (Å²) in [5.74, 6) is -0.0772. The molecule has 4 heteroatoms. The standard InChI is InChI=1S/C14H19N3O/c1-10-5-3-4-6-12(10)7-8-14(18)15-13-9-11(2)16-17-13/h3-8,11,13,16-17H,9H2,1-2H3,(H,15,18)/b8-7+. The zero-order chi connectivity index (χ0) is 13.0. The van der Waals surface area contributed by atoms with Crippen LogP contribution in [-0.4, -0.2) is 18.1 Å². The van der Waals surface area contributed by atoms with Crippen LogP contribution in [0, 0.1) is 6.92 Å². The highest BCUT2D eigenvalue weighted by Gasteiger charge is 2.20. The lowest BCUT2D eigenvalue weighted by molar-refractivity contribution is -0.117. The molecule has 1 saturated heterocycles. The van der Waals surface area contributed by atoms with Crippen molar-refractivity contribution in [3.8, 4) is 0 Å². The fourth-order valence-corrected chi connectivity index (χ4v) is 1.97. The Morgan fingerprint density at radius 2 is 2.17 bits per heavy atom. The number of hydrazine groups is 1. The Morgan fingerprint density at radius 3 is 2.83 bits per heavy atom. The van der Waals surface area contributed by atoms with Gasteiger partial charge in [-0.1, -0.05) is 24.3 Å². The summed E-state index contributed by atoms with van der Waals surface area (Å²) in [6.07, 6.45) is 4.32. The molecular weight excluding hydrogens is 226 g/mol. The second kappa shape index (κ2) is 5.80. The van der Waals surface area contributed by atoms with Crippen LogP contribution in [0.4, 0.5) is 0 Å². The normalized spacial score (nSPS) is 23.4. The van der Waals surface area contributed by atoms with E-state index in [2.05, 4.69) is 23.1 Å². The van der Waals surface area contributed by atoms with Crippen molar-refractivity contribution in [3.63, 3.8) is 0 Å². The maximum absolute atomic E-state index is 11.7. The van der Waals surface area contributed by atoms with E-state index < -0.39 is 0 Å². The summed E-state index contributed by atoms with van der Waals surface area (Å²) in [5, 5.41) is 2.90. The summed E-state index contributed by atoms with van der Waals surface area (Å²) in [6, 6.07) is 8.37. The highest BCUT2D eigenvalue weighted by atomic mass is 16.1. The van der Waals surface area contributed by atoms with E-state index in [0.29, 0.717) is 6.04 Å². The number of hydrogen-bond acceptors (Lipinski definition) is 3. The van der Waals surface area contributed by atoms with Crippen LogP contribution >= 0.6 is 0 Å². The van der Waals surface area contributed by atoms with Crippen molar-refractivity contribution in [2.24, 2.45) is 0 Å². The third-order valence-electron chi connectivity index (χ3n) is 3.01. The van der Waals surface area contributed by atoms with Crippen molar-refractivity contribution >= 4 is 12.0 Å². The molecule has 96 valence electrons. The molecule has 2 unspecified atom stereocenters. The first-order chi connectivity index (χ1) is 8.65. The Labute approximate surface area is 107 Å². The predicted octanol–water partition coefficient (Wildman–Crippen LogP) is 1.34. The van der Waals surface area contributed by atoms with E-state index in [-0.39, 0.29) is 12.1 Å². The SMILES string of the molecule is Cc1ccccc1/C=C/C(=O)NC1CC(C)NN1. The van der Waals surface area contributed by atoms with Gasteiger partial charge in [0.2, 0.25) is 5.91 Å². The zero-order valence-electron chi connectivity index (χ0n) is 10.7. The van der Waals surface area contributed by atoms with Gasteiger partial charge in [0.25, 0.3) is 0 Å². The van der Waals surface area contributed by atoms with E-state index >= 15 is 0 Å². The van der Waals surface area contributed by atoms with Gasteiger partial charge in [0.1, 0.15) is 0 Å². The molecule has 4 nitrogen and oxygen atoms in total. The molecule has 0 saturated carbocycles. The molecule has 1 aromatic rings. The minimum absolute atomic E-state index is 0.00835. The molecule has 3 N–H and O–H groups in total. The number of benzene rings is 1. The second-order valence-electron chi connectivity index (χ2n) is 4.68. The molecule has 2 atom stereocenters. The van der Waals surface area contributed by atoms with E-state index in [4.69, 9.17) is 0 Å². The molecule has 1 aliphatic rings. The molecule has 0 aliphatic carbocycles. The second-order valence-corrected chi connectivity index (χ2v) is 4.68. The largest absolute Gasteiger partial charge is 0.336 e. The Bertz CT molecular complexity index is 456. The number of carbonyl (C=O) groups excluding carboxylic acids is 1. The van der Waals surface area contributed by atoms with Crippen molar-refractivity contribution < 1.29 is 4.79 Å². The zero-order valence-corrected chi connectivity index (χ0v) is 10.7. The monoisotopic (exact) mass is 245 g/mol. The van der Waals surface area contributed by atoms with Gasteiger partial charge in [0.05, 0.1) is 6.17 Å². The Hall–Kier alpha value is -1.65. The summed E-state index contributed by atoms with van der Waals surface area (Å²) >= 11 is 0. The van der Waals surface area contributed by atoms with Crippen molar-refractivity contribution in [1.29, 1.82) is 0 Å². The Balaban J connectivity index is 1.89. The molecule has 2 rings (SSSR count). The maximum Gasteiger partial charge on any atom is 0.245 e. The fourth-order valence-electron chi connectivity index (χ4n) is 1.97. The third kappa shape index (κ3) is 3.42. The number of amides is 1. The molecule has 1 fully saturated rings. The predicted molar refractivity (Wildman–Crippen MR) is 72.5 cm³/mol. The highest BCUT2D eigenvalue weighted by molar-refractivity contribution is 5.92. The van der Waals surface area contributed by atoms with Crippen LogP contribution in [-0.2, 0) is 4.79 Å². The fraction of sp³-hybridized carbons (Fsp3) is 0.357. The van der Waals surface area contributed by atoms with E-state index in [9.17, 15) is 4.79 Å². The molecule has 1 aromatic carbocycles. The summed E-state index contributed by atoms with van der Waals surface area (Å²) in [6.45, 7) is 4.10. The molecule has 18 heavy (non-hydrogen) atoms. The minimum Gasteiger partial charge on any atom is -0.336 e. The summed E-state index contributed by atoms with van der Waals surface area (Å²) in [7, 11) is 0. The molecule has 0 bridgehead atoms. The van der Waals surface area contributed by atoms with Crippen molar-refractivity contribution in [1.82, 2.24) is 16.2 Å². The molecular formula is C14H19N3O. The number of carbonyl (C=O) groups is 1. The first-order valence-corrected chi connectivity index (χ1v) is 6.20. The molecule has 1 heterocycles. The first-order valence-electron chi connectivity index (χ1n) is 6.20.